The van der Waals surface area contributed by atoms with Crippen LogP contribution in [0.4, 0.5) is 0 Å². The van der Waals surface area contributed by atoms with Crippen molar-refractivity contribution in [3.8, 4) is 0 Å². The molecule has 0 aliphatic heterocycles. The van der Waals surface area contributed by atoms with Crippen molar-refractivity contribution in [1.82, 2.24) is 0 Å². The molecule has 0 aromatic heterocycles. The third-order valence-corrected chi connectivity index (χ3v) is 1.75. The fourth-order valence-corrected chi connectivity index (χ4v) is 0.953. The van der Waals surface area contributed by atoms with Crippen LogP contribution in [0.15, 0.2) is 0 Å². The molecule has 0 aromatic rings. The number of hydrogen-bond donors (Lipinski definition) is 1. The van der Waals surface area contributed by atoms with E-state index in [2.05, 4.69) is 6.92 Å². The van der Waals surface area contributed by atoms with Crippen LogP contribution >= 0.6 is 0 Å². The molecule has 0 amide bonds. The predicted molar refractivity (Wildman–Crippen MR) is 40.9 cm³/mol. The Hall–Kier alpha value is -0.0365. The Morgan fingerprint density at radius 3 is 2.27 bits per heavy atom. The molecule has 0 fully saturated rings. The summed E-state index contributed by atoms with van der Waals surface area (Å²) in [5, 5.41) is 8.60. The zero-order chi connectivity index (χ0) is 7.98. The minimum absolute atomic E-state index is 0. The van der Waals surface area contributed by atoms with Gasteiger partial charge in [0, 0.05) is 16.5 Å². The summed E-state index contributed by atoms with van der Waals surface area (Å²) in [7, 11) is 0. The number of aliphatic carboxylic acids is 1. The monoisotopic (exact) mass is 202 g/mol. The first-order valence-electron chi connectivity index (χ1n) is 3.95. The van der Waals surface area contributed by atoms with E-state index in [1.54, 1.807) is 0 Å². The number of hydrogen-bond acceptors (Lipinski definition) is 1. The van der Waals surface area contributed by atoms with Crippen LogP contribution in [0, 0.1) is 5.92 Å². The van der Waals surface area contributed by atoms with Crippen LogP contribution in [0.1, 0.15) is 39.5 Å². The molecule has 1 unspecified atom stereocenters. The van der Waals surface area contributed by atoms with Crippen molar-refractivity contribution in [2.24, 2.45) is 5.92 Å². The van der Waals surface area contributed by atoms with Gasteiger partial charge in [-0.25, -0.2) is 0 Å². The second-order valence-corrected chi connectivity index (χ2v) is 2.59. The molecule has 11 heavy (non-hydrogen) atoms. The van der Waals surface area contributed by atoms with Gasteiger partial charge in [0.2, 0.25) is 0 Å². The van der Waals surface area contributed by atoms with E-state index in [0.717, 1.165) is 25.7 Å². The molecular formula is C8H16NiO2. The standard InChI is InChI=1S/C8H16O2.Ni/c1-3-5-6-7(4-2)8(9)10;/h7H,3-6H2,1-2H3,(H,9,10);. The Labute approximate surface area is 78.3 Å². The summed E-state index contributed by atoms with van der Waals surface area (Å²) in [5.74, 6) is -0.754. The van der Waals surface area contributed by atoms with Gasteiger partial charge in [0.05, 0.1) is 5.92 Å². The molecule has 70 valence electrons. The fourth-order valence-electron chi connectivity index (χ4n) is 0.953. The summed E-state index contributed by atoms with van der Waals surface area (Å²) in [4.78, 5) is 10.4. The van der Waals surface area contributed by atoms with Gasteiger partial charge in [-0.05, 0) is 12.8 Å². The molecule has 1 N–H and O–H groups in total. The van der Waals surface area contributed by atoms with Crippen molar-refractivity contribution in [2.45, 2.75) is 39.5 Å². The normalized spacial score (nSPS) is 11.8. The van der Waals surface area contributed by atoms with Crippen molar-refractivity contribution >= 4 is 5.97 Å². The third-order valence-electron chi connectivity index (χ3n) is 1.75. The Bertz CT molecular complexity index is 104. The first kappa shape index (κ1) is 13.5. The van der Waals surface area contributed by atoms with Crippen LogP contribution in [-0.2, 0) is 21.3 Å². The summed E-state index contributed by atoms with van der Waals surface area (Å²) in [6.45, 7) is 4.00. The van der Waals surface area contributed by atoms with Crippen LogP contribution < -0.4 is 0 Å². The molecule has 0 rings (SSSR count). The maximum atomic E-state index is 10.4. The second-order valence-electron chi connectivity index (χ2n) is 2.59. The topological polar surface area (TPSA) is 37.3 Å². The second kappa shape index (κ2) is 8.06. The summed E-state index contributed by atoms with van der Waals surface area (Å²) < 4.78 is 0. The molecule has 1 atom stereocenters. The average Bonchev–Trinajstić information content (AvgIpc) is 1.89. The van der Waals surface area contributed by atoms with E-state index in [9.17, 15) is 4.79 Å². The van der Waals surface area contributed by atoms with Crippen molar-refractivity contribution in [3.05, 3.63) is 0 Å². The van der Waals surface area contributed by atoms with Gasteiger partial charge in [-0.1, -0.05) is 26.7 Å². The maximum absolute atomic E-state index is 10.4. The largest absolute Gasteiger partial charge is 0.481 e. The van der Waals surface area contributed by atoms with Gasteiger partial charge in [0.1, 0.15) is 0 Å². The summed E-state index contributed by atoms with van der Waals surface area (Å²) >= 11 is 0. The third kappa shape index (κ3) is 6.36. The number of rotatable bonds is 5. The number of unbranched alkanes of at least 4 members (excludes halogenated alkanes) is 1. The van der Waals surface area contributed by atoms with E-state index < -0.39 is 5.97 Å². The molecule has 0 heterocycles. The molecular weight excluding hydrogens is 187 g/mol. The van der Waals surface area contributed by atoms with E-state index in [1.807, 2.05) is 6.92 Å². The van der Waals surface area contributed by atoms with E-state index in [1.165, 1.54) is 0 Å². The molecule has 0 saturated carbocycles. The van der Waals surface area contributed by atoms with Crippen LogP contribution in [0.5, 0.6) is 0 Å². The quantitative estimate of drug-likeness (QED) is 0.695. The smallest absolute Gasteiger partial charge is 0.306 e. The molecule has 3 heteroatoms. The van der Waals surface area contributed by atoms with Crippen LogP contribution in [0.3, 0.4) is 0 Å². The molecule has 0 radical (unpaired) electrons. The first-order valence-corrected chi connectivity index (χ1v) is 3.95. The Morgan fingerprint density at radius 2 is 2.00 bits per heavy atom. The van der Waals surface area contributed by atoms with Gasteiger partial charge in [0.25, 0.3) is 0 Å². The predicted octanol–water partition coefficient (Wildman–Crippen LogP) is 2.28. The number of carbonyl (C=O) groups is 1. The van der Waals surface area contributed by atoms with Gasteiger partial charge in [-0.15, -0.1) is 0 Å². The zero-order valence-corrected chi connectivity index (χ0v) is 8.07. The van der Waals surface area contributed by atoms with E-state index >= 15 is 0 Å². The van der Waals surface area contributed by atoms with E-state index in [4.69, 9.17) is 5.11 Å². The van der Waals surface area contributed by atoms with Gasteiger partial charge in [0.15, 0.2) is 0 Å². The van der Waals surface area contributed by atoms with Crippen molar-refractivity contribution in [2.75, 3.05) is 0 Å². The van der Waals surface area contributed by atoms with E-state index in [-0.39, 0.29) is 22.4 Å². The average molecular weight is 203 g/mol. The molecule has 2 nitrogen and oxygen atoms in total. The molecule has 0 bridgehead atoms. The van der Waals surface area contributed by atoms with Gasteiger partial charge >= 0.3 is 5.97 Å². The fraction of sp³-hybridized carbons (Fsp3) is 0.875. The van der Waals surface area contributed by atoms with Crippen molar-refractivity contribution in [1.29, 1.82) is 0 Å². The van der Waals surface area contributed by atoms with Crippen LogP contribution in [0.25, 0.3) is 0 Å². The minimum Gasteiger partial charge on any atom is -0.481 e. The molecule has 0 aliphatic carbocycles. The maximum Gasteiger partial charge on any atom is 0.306 e. The van der Waals surface area contributed by atoms with Gasteiger partial charge in [-0.3, -0.25) is 4.79 Å². The molecule has 0 aliphatic rings. The summed E-state index contributed by atoms with van der Waals surface area (Å²) in [5.41, 5.74) is 0. The Morgan fingerprint density at radius 1 is 1.45 bits per heavy atom. The van der Waals surface area contributed by atoms with Crippen LogP contribution in [-0.4, -0.2) is 11.1 Å². The van der Waals surface area contributed by atoms with Crippen LogP contribution in [0.2, 0.25) is 0 Å². The van der Waals surface area contributed by atoms with Crippen molar-refractivity contribution in [3.63, 3.8) is 0 Å². The molecule has 0 spiro atoms. The summed E-state index contributed by atoms with van der Waals surface area (Å²) in [6.07, 6.45) is 3.71. The number of carboxylic acid groups (broad SMARTS) is 1. The first-order chi connectivity index (χ1) is 4.72. The van der Waals surface area contributed by atoms with Gasteiger partial charge in [-0.2, -0.15) is 0 Å². The zero-order valence-electron chi connectivity index (χ0n) is 7.08. The minimum atomic E-state index is -0.643. The Kier molecular flexibility index (Phi) is 9.93. The Balaban J connectivity index is 0. The molecule has 0 aromatic carbocycles. The van der Waals surface area contributed by atoms with Gasteiger partial charge < -0.3 is 5.11 Å². The van der Waals surface area contributed by atoms with Crippen molar-refractivity contribution < 1.29 is 26.4 Å². The molecule has 0 saturated heterocycles. The summed E-state index contributed by atoms with van der Waals surface area (Å²) in [6, 6.07) is 0. The SMILES string of the molecule is CCCCC(CC)C(=O)O.[Ni]. The number of carboxylic acids is 1. The van der Waals surface area contributed by atoms with E-state index in [0.29, 0.717) is 0 Å².